The van der Waals surface area contributed by atoms with Crippen LogP contribution in [-0.4, -0.2) is 85.7 Å². The van der Waals surface area contributed by atoms with Crippen molar-refractivity contribution in [3.8, 4) is 0 Å². The Morgan fingerprint density at radius 2 is 1.50 bits per heavy atom. The summed E-state index contributed by atoms with van der Waals surface area (Å²) in [5, 5.41) is 3.75. The van der Waals surface area contributed by atoms with Gasteiger partial charge in [0.25, 0.3) is 0 Å². The van der Waals surface area contributed by atoms with Crippen molar-refractivity contribution in [1.29, 1.82) is 0 Å². The van der Waals surface area contributed by atoms with Crippen LogP contribution < -0.4 is 5.32 Å². The van der Waals surface area contributed by atoms with Crippen LogP contribution in [0.25, 0.3) is 0 Å². The third kappa shape index (κ3) is 5.23. The number of carbonyl (C=O) groups is 2. The van der Waals surface area contributed by atoms with Crippen LogP contribution in [0.3, 0.4) is 0 Å². The number of morpholine rings is 1. The van der Waals surface area contributed by atoms with E-state index in [4.69, 9.17) is 27.9 Å². The molecule has 1 aromatic rings. The number of nitrogens with zero attached hydrogens (tertiary/aromatic N) is 3. The Morgan fingerprint density at radius 1 is 0.923 bits per heavy atom. The molecule has 2 saturated heterocycles. The SMILES string of the molecule is O=C(CN1CCN(C(=O)N2CCOCC2)CC1)Nc1cc(Cl)cc(Cl)c1. The average Bonchev–Trinajstić information content (AvgIpc) is 2.61. The Hall–Kier alpha value is -1.54. The first kappa shape index (κ1) is 19.2. The van der Waals surface area contributed by atoms with Crippen LogP contribution in [0.1, 0.15) is 0 Å². The van der Waals surface area contributed by atoms with E-state index in [-0.39, 0.29) is 18.5 Å². The molecule has 0 aliphatic carbocycles. The van der Waals surface area contributed by atoms with Gasteiger partial charge >= 0.3 is 6.03 Å². The Kier molecular flexibility index (Phi) is 6.58. The maximum atomic E-state index is 12.5. The van der Waals surface area contributed by atoms with Crippen LogP contribution >= 0.6 is 23.2 Å². The van der Waals surface area contributed by atoms with Crippen molar-refractivity contribution in [2.24, 2.45) is 0 Å². The van der Waals surface area contributed by atoms with Gasteiger partial charge in [0, 0.05) is 55.0 Å². The standard InChI is InChI=1S/C17H22Cl2N4O3/c18-13-9-14(19)11-15(10-13)20-16(24)12-21-1-3-22(4-2-21)17(25)23-5-7-26-8-6-23/h9-11H,1-8,12H2,(H,20,24). The van der Waals surface area contributed by atoms with Crippen molar-refractivity contribution in [3.63, 3.8) is 0 Å². The van der Waals surface area contributed by atoms with E-state index in [2.05, 4.69) is 5.32 Å². The third-order valence-electron chi connectivity index (χ3n) is 4.44. The van der Waals surface area contributed by atoms with Crippen molar-refractivity contribution < 1.29 is 14.3 Å². The predicted octanol–water partition coefficient (Wildman–Crippen LogP) is 2.00. The first-order chi connectivity index (χ1) is 12.5. The molecule has 0 radical (unpaired) electrons. The van der Waals surface area contributed by atoms with E-state index in [1.165, 1.54) is 0 Å². The van der Waals surface area contributed by atoms with Gasteiger partial charge in [0.2, 0.25) is 5.91 Å². The Balaban J connectivity index is 1.44. The number of benzene rings is 1. The molecular formula is C17H22Cl2N4O3. The number of ether oxygens (including phenoxy) is 1. The molecule has 0 spiro atoms. The van der Waals surface area contributed by atoms with Gasteiger partial charge in [-0.2, -0.15) is 0 Å². The number of rotatable bonds is 3. The summed E-state index contributed by atoms with van der Waals surface area (Å²) < 4.78 is 5.28. The number of nitrogens with one attached hydrogen (secondary N) is 1. The fraction of sp³-hybridized carbons (Fsp3) is 0.529. The fourth-order valence-corrected chi connectivity index (χ4v) is 3.61. The van der Waals surface area contributed by atoms with E-state index >= 15 is 0 Å². The number of hydrogen-bond acceptors (Lipinski definition) is 4. The molecule has 3 amide bonds. The summed E-state index contributed by atoms with van der Waals surface area (Å²) in [5.74, 6) is -0.128. The first-order valence-corrected chi connectivity index (χ1v) is 9.37. The number of hydrogen-bond donors (Lipinski definition) is 1. The highest BCUT2D eigenvalue weighted by molar-refractivity contribution is 6.35. The molecule has 3 rings (SSSR count). The molecule has 1 aromatic carbocycles. The maximum absolute atomic E-state index is 12.5. The lowest BCUT2D eigenvalue weighted by Crippen LogP contribution is -2.55. The number of urea groups is 1. The smallest absolute Gasteiger partial charge is 0.320 e. The van der Waals surface area contributed by atoms with Crippen molar-refractivity contribution in [2.45, 2.75) is 0 Å². The quantitative estimate of drug-likeness (QED) is 0.842. The van der Waals surface area contributed by atoms with Gasteiger partial charge in [-0.3, -0.25) is 9.69 Å². The molecule has 26 heavy (non-hydrogen) atoms. The van der Waals surface area contributed by atoms with Gasteiger partial charge in [0.05, 0.1) is 19.8 Å². The Labute approximate surface area is 162 Å². The molecule has 142 valence electrons. The molecule has 2 aliphatic rings. The minimum atomic E-state index is -0.128. The molecule has 0 bridgehead atoms. The predicted molar refractivity (Wildman–Crippen MR) is 101 cm³/mol. The van der Waals surface area contributed by atoms with Gasteiger partial charge in [0.1, 0.15) is 0 Å². The summed E-state index contributed by atoms with van der Waals surface area (Å²) in [5.41, 5.74) is 0.577. The van der Waals surface area contributed by atoms with Crippen molar-refractivity contribution in [1.82, 2.24) is 14.7 Å². The zero-order valence-corrected chi connectivity index (χ0v) is 15.9. The van der Waals surface area contributed by atoms with Gasteiger partial charge in [-0.05, 0) is 18.2 Å². The van der Waals surface area contributed by atoms with Gasteiger partial charge in [-0.25, -0.2) is 4.79 Å². The van der Waals surface area contributed by atoms with Gasteiger partial charge in [-0.1, -0.05) is 23.2 Å². The summed E-state index contributed by atoms with van der Waals surface area (Å²) in [6, 6.07) is 4.99. The molecule has 9 heteroatoms. The van der Waals surface area contributed by atoms with E-state index in [1.807, 2.05) is 14.7 Å². The third-order valence-corrected chi connectivity index (χ3v) is 4.87. The minimum Gasteiger partial charge on any atom is -0.378 e. The number of carbonyl (C=O) groups excluding carboxylic acids is 2. The van der Waals surface area contributed by atoms with E-state index in [1.54, 1.807) is 18.2 Å². The second-order valence-corrected chi connectivity index (χ2v) is 7.22. The lowest BCUT2D eigenvalue weighted by atomic mass is 10.3. The van der Waals surface area contributed by atoms with Gasteiger partial charge in [0.15, 0.2) is 0 Å². The van der Waals surface area contributed by atoms with Crippen molar-refractivity contribution >= 4 is 40.8 Å². The lowest BCUT2D eigenvalue weighted by Gasteiger charge is -2.38. The molecule has 2 heterocycles. The summed E-state index contributed by atoms with van der Waals surface area (Å²) in [6.45, 7) is 5.31. The second kappa shape index (κ2) is 8.90. The number of piperazine rings is 1. The molecular weight excluding hydrogens is 379 g/mol. The molecule has 0 aromatic heterocycles. The summed E-state index contributed by atoms with van der Waals surface area (Å²) in [6.07, 6.45) is 0. The van der Waals surface area contributed by atoms with Gasteiger partial charge in [-0.15, -0.1) is 0 Å². The number of amides is 3. The maximum Gasteiger partial charge on any atom is 0.320 e. The highest BCUT2D eigenvalue weighted by Crippen LogP contribution is 2.22. The van der Waals surface area contributed by atoms with Gasteiger partial charge < -0.3 is 19.9 Å². The Morgan fingerprint density at radius 3 is 2.12 bits per heavy atom. The van der Waals surface area contributed by atoms with Crippen LogP contribution in [0.5, 0.6) is 0 Å². The van der Waals surface area contributed by atoms with Crippen LogP contribution in [0, 0.1) is 0 Å². The zero-order valence-electron chi connectivity index (χ0n) is 14.4. The molecule has 2 aliphatic heterocycles. The summed E-state index contributed by atoms with van der Waals surface area (Å²) in [4.78, 5) is 30.4. The highest BCUT2D eigenvalue weighted by Gasteiger charge is 2.26. The summed E-state index contributed by atoms with van der Waals surface area (Å²) in [7, 11) is 0. The number of anilines is 1. The minimum absolute atomic E-state index is 0.0611. The molecule has 0 saturated carbocycles. The van der Waals surface area contributed by atoms with E-state index in [0.29, 0.717) is 68.2 Å². The zero-order chi connectivity index (χ0) is 18.5. The monoisotopic (exact) mass is 400 g/mol. The lowest BCUT2D eigenvalue weighted by molar-refractivity contribution is -0.117. The van der Waals surface area contributed by atoms with E-state index in [9.17, 15) is 9.59 Å². The molecule has 2 fully saturated rings. The molecule has 0 unspecified atom stereocenters. The molecule has 1 N–H and O–H groups in total. The summed E-state index contributed by atoms with van der Waals surface area (Å²) >= 11 is 11.9. The second-order valence-electron chi connectivity index (χ2n) is 6.35. The van der Waals surface area contributed by atoms with E-state index in [0.717, 1.165) is 0 Å². The first-order valence-electron chi connectivity index (χ1n) is 8.61. The number of halogens is 2. The Bertz CT molecular complexity index is 639. The average molecular weight is 401 g/mol. The topological polar surface area (TPSA) is 65.1 Å². The van der Waals surface area contributed by atoms with Crippen LogP contribution in [0.2, 0.25) is 10.0 Å². The molecule has 7 nitrogen and oxygen atoms in total. The normalized spacial score (nSPS) is 18.7. The van der Waals surface area contributed by atoms with Crippen LogP contribution in [0.15, 0.2) is 18.2 Å². The van der Waals surface area contributed by atoms with Crippen molar-refractivity contribution in [3.05, 3.63) is 28.2 Å². The fourth-order valence-electron chi connectivity index (χ4n) is 3.08. The van der Waals surface area contributed by atoms with Crippen LogP contribution in [0.4, 0.5) is 10.5 Å². The highest BCUT2D eigenvalue weighted by atomic mass is 35.5. The van der Waals surface area contributed by atoms with Crippen LogP contribution in [-0.2, 0) is 9.53 Å². The van der Waals surface area contributed by atoms with E-state index < -0.39 is 0 Å². The van der Waals surface area contributed by atoms with Crippen molar-refractivity contribution in [2.75, 3.05) is 64.3 Å². The molecule has 0 atom stereocenters. The largest absolute Gasteiger partial charge is 0.378 e.